The molecular formula is C15H16N2O2. The first kappa shape index (κ1) is 13.0. The summed E-state index contributed by atoms with van der Waals surface area (Å²) in [5.74, 6) is 0.0132. The van der Waals surface area contributed by atoms with Crippen LogP contribution in [-0.4, -0.2) is 13.0 Å². The van der Waals surface area contributed by atoms with E-state index in [0.29, 0.717) is 17.9 Å². The van der Waals surface area contributed by atoms with Gasteiger partial charge in [0.15, 0.2) is 0 Å². The summed E-state index contributed by atoms with van der Waals surface area (Å²) in [7, 11) is 1.52. The molecule has 2 aromatic rings. The van der Waals surface area contributed by atoms with E-state index in [9.17, 15) is 4.79 Å². The number of hydrogen-bond donors (Lipinski definition) is 2. The lowest BCUT2D eigenvalue weighted by Crippen LogP contribution is -2.13. The molecule has 0 fully saturated rings. The highest BCUT2D eigenvalue weighted by Gasteiger charge is 2.09. The Morgan fingerprint density at radius 1 is 1.21 bits per heavy atom. The summed E-state index contributed by atoms with van der Waals surface area (Å²) in [4.78, 5) is 11.2. The van der Waals surface area contributed by atoms with E-state index in [0.717, 1.165) is 11.3 Å². The lowest BCUT2D eigenvalue weighted by molar-refractivity contribution is 0.0997. The standard InChI is InChI=1S/C15H16N2O2/c1-19-14-9-11(7-8-13(14)15(16)18)10-17-12-5-3-2-4-6-12/h2-9,17H,10H2,1H3,(H2,16,18). The van der Waals surface area contributed by atoms with E-state index in [4.69, 9.17) is 10.5 Å². The Kier molecular flexibility index (Phi) is 4.03. The maximum absolute atomic E-state index is 11.2. The van der Waals surface area contributed by atoms with Gasteiger partial charge in [-0.15, -0.1) is 0 Å². The van der Waals surface area contributed by atoms with Crippen molar-refractivity contribution in [3.8, 4) is 5.75 Å². The van der Waals surface area contributed by atoms with Crippen LogP contribution >= 0.6 is 0 Å². The molecule has 0 bridgehead atoms. The summed E-state index contributed by atoms with van der Waals surface area (Å²) in [5, 5.41) is 3.29. The number of amides is 1. The number of nitrogens with two attached hydrogens (primary N) is 1. The van der Waals surface area contributed by atoms with Crippen molar-refractivity contribution in [1.29, 1.82) is 0 Å². The van der Waals surface area contributed by atoms with Crippen molar-refractivity contribution >= 4 is 11.6 Å². The molecule has 0 atom stereocenters. The van der Waals surface area contributed by atoms with Gasteiger partial charge in [0.25, 0.3) is 5.91 Å². The lowest BCUT2D eigenvalue weighted by atomic mass is 10.1. The zero-order valence-electron chi connectivity index (χ0n) is 10.7. The van der Waals surface area contributed by atoms with Gasteiger partial charge in [0, 0.05) is 12.2 Å². The van der Waals surface area contributed by atoms with Crippen molar-refractivity contribution in [2.75, 3.05) is 12.4 Å². The molecule has 2 rings (SSSR count). The van der Waals surface area contributed by atoms with Gasteiger partial charge in [-0.3, -0.25) is 4.79 Å². The maximum Gasteiger partial charge on any atom is 0.252 e. The fourth-order valence-electron chi connectivity index (χ4n) is 1.81. The number of hydrogen-bond acceptors (Lipinski definition) is 3. The summed E-state index contributed by atoms with van der Waals surface area (Å²) in [6.45, 7) is 0.652. The minimum Gasteiger partial charge on any atom is -0.496 e. The lowest BCUT2D eigenvalue weighted by Gasteiger charge is -2.10. The van der Waals surface area contributed by atoms with Crippen LogP contribution in [-0.2, 0) is 6.54 Å². The van der Waals surface area contributed by atoms with Gasteiger partial charge in [-0.25, -0.2) is 0 Å². The third-order valence-corrected chi connectivity index (χ3v) is 2.80. The first-order valence-electron chi connectivity index (χ1n) is 5.96. The van der Waals surface area contributed by atoms with Crippen LogP contribution in [0.5, 0.6) is 5.75 Å². The van der Waals surface area contributed by atoms with Gasteiger partial charge >= 0.3 is 0 Å². The van der Waals surface area contributed by atoms with Crippen LogP contribution in [0.3, 0.4) is 0 Å². The van der Waals surface area contributed by atoms with E-state index >= 15 is 0 Å². The SMILES string of the molecule is COc1cc(CNc2ccccc2)ccc1C(N)=O. The molecule has 98 valence electrons. The molecular weight excluding hydrogens is 240 g/mol. The summed E-state index contributed by atoms with van der Waals surface area (Å²) >= 11 is 0. The Labute approximate surface area is 112 Å². The number of nitrogens with one attached hydrogen (secondary N) is 1. The van der Waals surface area contributed by atoms with Gasteiger partial charge < -0.3 is 15.8 Å². The zero-order valence-corrected chi connectivity index (χ0v) is 10.7. The number of benzene rings is 2. The van der Waals surface area contributed by atoms with Crippen LogP contribution in [0.1, 0.15) is 15.9 Å². The fourth-order valence-corrected chi connectivity index (χ4v) is 1.81. The van der Waals surface area contributed by atoms with E-state index in [-0.39, 0.29) is 0 Å². The van der Waals surface area contributed by atoms with Gasteiger partial charge in [0.1, 0.15) is 5.75 Å². The number of anilines is 1. The van der Waals surface area contributed by atoms with E-state index in [2.05, 4.69) is 5.32 Å². The summed E-state index contributed by atoms with van der Waals surface area (Å²) in [6, 6.07) is 15.3. The van der Waals surface area contributed by atoms with Crippen LogP contribution in [0, 0.1) is 0 Å². The number of ether oxygens (including phenoxy) is 1. The number of para-hydroxylation sites is 1. The molecule has 2 aromatic carbocycles. The molecule has 4 heteroatoms. The van der Waals surface area contributed by atoms with Crippen molar-refractivity contribution in [2.45, 2.75) is 6.54 Å². The average Bonchev–Trinajstić information content (AvgIpc) is 2.45. The molecule has 0 saturated carbocycles. The van der Waals surface area contributed by atoms with E-state index in [1.54, 1.807) is 6.07 Å². The van der Waals surface area contributed by atoms with Crippen LogP contribution in [0.15, 0.2) is 48.5 Å². The Hall–Kier alpha value is -2.49. The van der Waals surface area contributed by atoms with Crippen molar-refractivity contribution in [1.82, 2.24) is 0 Å². The summed E-state index contributed by atoms with van der Waals surface area (Å²) < 4.78 is 5.17. The number of primary amides is 1. The van der Waals surface area contributed by atoms with Crippen LogP contribution in [0.4, 0.5) is 5.69 Å². The number of carbonyl (C=O) groups is 1. The molecule has 0 aliphatic rings. The van der Waals surface area contributed by atoms with Crippen molar-refractivity contribution < 1.29 is 9.53 Å². The summed E-state index contributed by atoms with van der Waals surface area (Å²) in [6.07, 6.45) is 0. The second kappa shape index (κ2) is 5.91. The topological polar surface area (TPSA) is 64.3 Å². The highest BCUT2D eigenvalue weighted by Crippen LogP contribution is 2.20. The molecule has 0 spiro atoms. The maximum atomic E-state index is 11.2. The van der Waals surface area contributed by atoms with Gasteiger partial charge in [-0.05, 0) is 29.8 Å². The Morgan fingerprint density at radius 2 is 1.95 bits per heavy atom. The highest BCUT2D eigenvalue weighted by atomic mass is 16.5. The molecule has 0 saturated heterocycles. The number of methoxy groups -OCH3 is 1. The van der Waals surface area contributed by atoms with Crippen molar-refractivity contribution in [2.24, 2.45) is 5.73 Å². The van der Waals surface area contributed by atoms with Gasteiger partial charge in [0.05, 0.1) is 12.7 Å². The molecule has 19 heavy (non-hydrogen) atoms. The Balaban J connectivity index is 2.11. The number of carbonyl (C=O) groups excluding carboxylic acids is 1. The van der Waals surface area contributed by atoms with Crippen LogP contribution < -0.4 is 15.8 Å². The van der Waals surface area contributed by atoms with Gasteiger partial charge in [-0.2, -0.15) is 0 Å². The molecule has 0 aliphatic heterocycles. The second-order valence-corrected chi connectivity index (χ2v) is 4.12. The van der Waals surface area contributed by atoms with E-state index in [1.807, 2.05) is 42.5 Å². The largest absolute Gasteiger partial charge is 0.496 e. The average molecular weight is 256 g/mol. The fraction of sp³-hybridized carbons (Fsp3) is 0.133. The monoisotopic (exact) mass is 256 g/mol. The van der Waals surface area contributed by atoms with E-state index in [1.165, 1.54) is 7.11 Å². The highest BCUT2D eigenvalue weighted by molar-refractivity contribution is 5.95. The number of rotatable bonds is 5. The zero-order chi connectivity index (χ0) is 13.7. The predicted molar refractivity (Wildman–Crippen MR) is 75.3 cm³/mol. The van der Waals surface area contributed by atoms with Gasteiger partial charge in [-0.1, -0.05) is 24.3 Å². The van der Waals surface area contributed by atoms with Crippen LogP contribution in [0.2, 0.25) is 0 Å². The second-order valence-electron chi connectivity index (χ2n) is 4.12. The molecule has 0 radical (unpaired) electrons. The normalized spacial score (nSPS) is 9.95. The Bertz CT molecular complexity index is 568. The molecule has 4 nitrogen and oxygen atoms in total. The third kappa shape index (κ3) is 3.25. The predicted octanol–water partition coefficient (Wildman–Crippen LogP) is 2.41. The molecule has 0 aromatic heterocycles. The minimum absolute atomic E-state index is 0.394. The first-order chi connectivity index (χ1) is 9.20. The molecule has 0 heterocycles. The third-order valence-electron chi connectivity index (χ3n) is 2.80. The van der Waals surface area contributed by atoms with Crippen molar-refractivity contribution in [3.05, 3.63) is 59.7 Å². The molecule has 3 N–H and O–H groups in total. The minimum atomic E-state index is -0.487. The van der Waals surface area contributed by atoms with E-state index < -0.39 is 5.91 Å². The van der Waals surface area contributed by atoms with Crippen molar-refractivity contribution in [3.63, 3.8) is 0 Å². The quantitative estimate of drug-likeness (QED) is 0.863. The molecule has 0 unspecified atom stereocenters. The smallest absolute Gasteiger partial charge is 0.252 e. The molecule has 0 aliphatic carbocycles. The first-order valence-corrected chi connectivity index (χ1v) is 5.96. The van der Waals surface area contributed by atoms with Crippen LogP contribution in [0.25, 0.3) is 0 Å². The molecule has 1 amide bonds. The summed E-state index contributed by atoms with van der Waals surface area (Å²) in [5.41, 5.74) is 7.73. The Morgan fingerprint density at radius 3 is 2.58 bits per heavy atom. The van der Waals surface area contributed by atoms with Gasteiger partial charge in [0.2, 0.25) is 0 Å².